The number of benzene rings is 3. The van der Waals surface area contributed by atoms with Gasteiger partial charge in [0, 0.05) is 12.6 Å². The molecule has 184 valence electrons. The molecule has 0 fully saturated rings. The zero-order valence-electron chi connectivity index (χ0n) is 20.1. The molecule has 9 heteroatoms. The molecule has 0 saturated carbocycles. The summed E-state index contributed by atoms with van der Waals surface area (Å²) in [4.78, 5) is 13.1. The maximum absolute atomic E-state index is 13.2. The Bertz CT molecular complexity index is 1340. The van der Waals surface area contributed by atoms with Crippen LogP contribution in [0.3, 0.4) is 0 Å². The number of hydrogen-bond donors (Lipinski definition) is 1. The second kappa shape index (κ2) is 9.50. The number of carbonyl (C=O) groups is 1. The molecule has 0 spiro atoms. The van der Waals surface area contributed by atoms with Crippen LogP contribution in [0.5, 0.6) is 17.2 Å². The van der Waals surface area contributed by atoms with Crippen LogP contribution in [-0.4, -0.2) is 41.7 Å². The molecule has 0 radical (unpaired) electrons. The lowest BCUT2D eigenvalue weighted by Gasteiger charge is -2.29. The van der Waals surface area contributed by atoms with Crippen LogP contribution < -0.4 is 23.8 Å². The first-order valence-corrected chi connectivity index (χ1v) is 12.5. The van der Waals surface area contributed by atoms with Crippen LogP contribution in [0, 0.1) is 0 Å². The second-order valence-corrected chi connectivity index (χ2v) is 10.6. The molecule has 35 heavy (non-hydrogen) atoms. The molecular formula is C26H28N2O6S. The average molecular weight is 497 g/mol. The summed E-state index contributed by atoms with van der Waals surface area (Å²) in [6.07, 6.45) is 0. The third-order valence-electron chi connectivity index (χ3n) is 5.88. The topological polar surface area (TPSA) is 94.2 Å². The highest BCUT2D eigenvalue weighted by Gasteiger charge is 2.27. The van der Waals surface area contributed by atoms with Crippen molar-refractivity contribution >= 4 is 21.6 Å². The summed E-state index contributed by atoms with van der Waals surface area (Å²) in [5.41, 5.74) is 0.792. The molecular weight excluding hydrogens is 468 g/mol. The maximum Gasteiger partial charge on any atom is 0.264 e. The molecule has 3 aromatic rings. The fourth-order valence-corrected chi connectivity index (χ4v) is 4.99. The number of methoxy groups -OCH3 is 1. The fraction of sp³-hybridized carbons (Fsp3) is 0.269. The Kier molecular flexibility index (Phi) is 6.62. The standard InChI is InChI=1S/C26H28N2O6S/c1-26(2,19-8-13-23-24(17-19)34-15-14-33-23)27-25(29)18-6-5-7-22(16-18)35(30,31)28(3)20-9-11-21(32-4)12-10-20/h5-13,16-17H,14-15H2,1-4H3,(H,27,29). The number of nitrogens with zero attached hydrogens (tertiary/aromatic N) is 1. The number of sulfonamides is 1. The molecule has 3 aromatic carbocycles. The molecule has 0 saturated heterocycles. The molecule has 0 unspecified atom stereocenters. The van der Waals surface area contributed by atoms with Gasteiger partial charge in [-0.15, -0.1) is 0 Å². The number of ether oxygens (including phenoxy) is 3. The van der Waals surface area contributed by atoms with Crippen molar-refractivity contribution in [3.63, 3.8) is 0 Å². The molecule has 0 bridgehead atoms. The number of carbonyl (C=O) groups excluding carboxylic acids is 1. The second-order valence-electron chi connectivity index (χ2n) is 8.64. The van der Waals surface area contributed by atoms with Gasteiger partial charge in [-0.25, -0.2) is 8.42 Å². The smallest absolute Gasteiger partial charge is 0.264 e. The zero-order valence-corrected chi connectivity index (χ0v) is 20.9. The molecule has 1 N–H and O–H groups in total. The van der Waals surface area contributed by atoms with E-state index >= 15 is 0 Å². The van der Waals surface area contributed by atoms with Crippen molar-refractivity contribution in [3.05, 3.63) is 77.9 Å². The minimum Gasteiger partial charge on any atom is -0.497 e. The van der Waals surface area contributed by atoms with Gasteiger partial charge in [-0.1, -0.05) is 12.1 Å². The SMILES string of the molecule is COc1ccc(N(C)S(=O)(=O)c2cccc(C(=O)NC(C)(C)c3ccc4c(c3)OCCO4)c2)cc1. The quantitative estimate of drug-likeness (QED) is 0.532. The number of rotatable bonds is 7. The predicted molar refractivity (Wildman–Crippen MR) is 133 cm³/mol. The van der Waals surface area contributed by atoms with Crippen LogP contribution in [0.2, 0.25) is 0 Å². The van der Waals surface area contributed by atoms with Gasteiger partial charge in [0.1, 0.15) is 19.0 Å². The fourth-order valence-electron chi connectivity index (χ4n) is 3.75. The number of fused-ring (bicyclic) bond motifs is 1. The van der Waals surface area contributed by atoms with Gasteiger partial charge in [-0.3, -0.25) is 9.10 Å². The van der Waals surface area contributed by atoms with Gasteiger partial charge in [-0.2, -0.15) is 0 Å². The average Bonchev–Trinajstić information content (AvgIpc) is 2.87. The molecule has 8 nitrogen and oxygen atoms in total. The molecule has 0 aromatic heterocycles. The Balaban J connectivity index is 1.55. The highest BCUT2D eigenvalue weighted by molar-refractivity contribution is 7.92. The van der Waals surface area contributed by atoms with Crippen molar-refractivity contribution in [2.45, 2.75) is 24.3 Å². The third-order valence-corrected chi connectivity index (χ3v) is 7.66. The predicted octanol–water partition coefficient (Wildman–Crippen LogP) is 3.96. The largest absolute Gasteiger partial charge is 0.497 e. The van der Waals surface area contributed by atoms with E-state index < -0.39 is 21.5 Å². The Morgan fingerprint density at radius 3 is 2.34 bits per heavy atom. The van der Waals surface area contributed by atoms with Crippen LogP contribution in [0.1, 0.15) is 29.8 Å². The first-order chi connectivity index (χ1) is 16.6. The van der Waals surface area contributed by atoms with Crippen LogP contribution in [0.25, 0.3) is 0 Å². The van der Waals surface area contributed by atoms with Crippen LogP contribution in [0.4, 0.5) is 5.69 Å². The maximum atomic E-state index is 13.2. The summed E-state index contributed by atoms with van der Waals surface area (Å²) < 4.78 is 44.0. The Morgan fingerprint density at radius 1 is 0.971 bits per heavy atom. The van der Waals surface area contributed by atoms with Crippen molar-refractivity contribution in [2.24, 2.45) is 0 Å². The van der Waals surface area contributed by atoms with Crippen molar-refractivity contribution in [1.82, 2.24) is 5.32 Å². The lowest BCUT2D eigenvalue weighted by atomic mass is 9.93. The molecule has 1 aliphatic rings. The van der Waals surface area contributed by atoms with Gasteiger partial charge in [-0.05, 0) is 74.0 Å². The van der Waals surface area contributed by atoms with Crippen molar-refractivity contribution < 1.29 is 27.4 Å². The summed E-state index contributed by atoms with van der Waals surface area (Å²) in [6.45, 7) is 4.71. The molecule has 1 heterocycles. The van der Waals surface area contributed by atoms with E-state index in [1.54, 1.807) is 43.5 Å². The summed E-state index contributed by atoms with van der Waals surface area (Å²) in [7, 11) is -0.882. The molecule has 0 atom stereocenters. The van der Waals surface area contributed by atoms with Crippen molar-refractivity contribution in [2.75, 3.05) is 31.7 Å². The first kappa shape index (κ1) is 24.4. The van der Waals surface area contributed by atoms with Crippen LogP contribution in [-0.2, 0) is 15.6 Å². The Hall–Kier alpha value is -3.72. The number of anilines is 1. The first-order valence-electron chi connectivity index (χ1n) is 11.1. The van der Waals surface area contributed by atoms with Crippen molar-refractivity contribution in [3.8, 4) is 17.2 Å². The monoisotopic (exact) mass is 496 g/mol. The number of hydrogen-bond acceptors (Lipinski definition) is 6. The van der Waals surface area contributed by atoms with Gasteiger partial charge < -0.3 is 19.5 Å². The van der Waals surface area contributed by atoms with E-state index in [2.05, 4.69) is 5.32 Å². The molecule has 1 aliphatic heterocycles. The number of nitrogens with one attached hydrogen (secondary N) is 1. The Morgan fingerprint density at radius 2 is 1.66 bits per heavy atom. The van der Waals surface area contributed by atoms with E-state index in [1.807, 2.05) is 32.0 Å². The van der Waals surface area contributed by atoms with Gasteiger partial charge >= 0.3 is 0 Å². The zero-order chi connectivity index (χ0) is 25.2. The van der Waals surface area contributed by atoms with E-state index in [9.17, 15) is 13.2 Å². The lowest BCUT2D eigenvalue weighted by molar-refractivity contribution is 0.0911. The van der Waals surface area contributed by atoms with E-state index in [4.69, 9.17) is 14.2 Å². The third kappa shape index (κ3) is 5.05. The summed E-state index contributed by atoms with van der Waals surface area (Å²) in [6, 6.07) is 18.2. The summed E-state index contributed by atoms with van der Waals surface area (Å²) in [5, 5.41) is 2.99. The van der Waals surface area contributed by atoms with Gasteiger partial charge in [0.05, 0.1) is 23.2 Å². The molecule has 0 aliphatic carbocycles. The summed E-state index contributed by atoms with van der Waals surface area (Å²) >= 11 is 0. The highest BCUT2D eigenvalue weighted by atomic mass is 32.2. The number of amides is 1. The molecule has 4 rings (SSSR count). The van der Waals surface area contributed by atoms with Crippen molar-refractivity contribution in [1.29, 1.82) is 0 Å². The minimum absolute atomic E-state index is 0.0144. The van der Waals surface area contributed by atoms with E-state index in [-0.39, 0.29) is 10.5 Å². The van der Waals surface area contributed by atoms with E-state index in [1.165, 1.54) is 23.5 Å². The molecule has 1 amide bonds. The Labute approximate surface area is 205 Å². The van der Waals surface area contributed by atoms with Gasteiger partial charge in [0.25, 0.3) is 15.9 Å². The lowest BCUT2D eigenvalue weighted by Crippen LogP contribution is -2.41. The van der Waals surface area contributed by atoms with Crippen LogP contribution in [0.15, 0.2) is 71.6 Å². The highest BCUT2D eigenvalue weighted by Crippen LogP contribution is 2.34. The van der Waals surface area contributed by atoms with Gasteiger partial charge in [0.15, 0.2) is 11.5 Å². The van der Waals surface area contributed by atoms with Gasteiger partial charge in [0.2, 0.25) is 0 Å². The van der Waals surface area contributed by atoms with E-state index in [0.29, 0.717) is 36.1 Å². The normalized spacial score (nSPS) is 13.1. The minimum atomic E-state index is -3.89. The van der Waals surface area contributed by atoms with E-state index in [0.717, 1.165) is 5.56 Å². The van der Waals surface area contributed by atoms with Crippen LogP contribution >= 0.6 is 0 Å². The summed E-state index contributed by atoms with van der Waals surface area (Å²) in [5.74, 6) is 1.53.